The second-order valence-corrected chi connectivity index (χ2v) is 9.12. The van der Waals surface area contributed by atoms with Crippen molar-refractivity contribution in [2.75, 3.05) is 18.9 Å². The molecule has 4 rings (SSSR count). The van der Waals surface area contributed by atoms with E-state index in [1.54, 1.807) is 41.1 Å². The monoisotopic (exact) mass is 487 g/mol. The molecule has 0 bridgehead atoms. The van der Waals surface area contributed by atoms with Gasteiger partial charge in [-0.1, -0.05) is 25.1 Å². The van der Waals surface area contributed by atoms with E-state index in [1.807, 2.05) is 13.0 Å². The predicted molar refractivity (Wildman–Crippen MR) is 123 cm³/mol. The minimum atomic E-state index is -2.88. The van der Waals surface area contributed by atoms with Crippen LogP contribution in [0, 0.1) is 17.2 Å². The first-order valence-electron chi connectivity index (χ1n) is 10.8. The number of nitrogens with zero attached hydrogens (tertiary/aromatic N) is 4. The van der Waals surface area contributed by atoms with Gasteiger partial charge in [-0.15, -0.1) is 0 Å². The zero-order valence-electron chi connectivity index (χ0n) is 18.4. The van der Waals surface area contributed by atoms with Gasteiger partial charge in [0.2, 0.25) is 0 Å². The highest BCUT2D eigenvalue weighted by Crippen LogP contribution is 2.38. The van der Waals surface area contributed by atoms with Crippen molar-refractivity contribution in [2.45, 2.75) is 37.9 Å². The number of aliphatic hydroxyl groups excluding tert-OH is 2. The largest absolute Gasteiger partial charge is 0.390 e. The number of hydrogen-bond acceptors (Lipinski definition) is 10. The molecule has 0 amide bonds. The molecule has 2 aromatic heterocycles. The summed E-state index contributed by atoms with van der Waals surface area (Å²) in [6.45, 7) is 1.68. The van der Waals surface area contributed by atoms with Crippen molar-refractivity contribution in [3.05, 3.63) is 54.0 Å². The molecule has 0 saturated carbocycles. The molecule has 0 radical (unpaired) electrons. The first-order chi connectivity index (χ1) is 16.4. The van der Waals surface area contributed by atoms with E-state index in [0.29, 0.717) is 28.0 Å². The fourth-order valence-electron chi connectivity index (χ4n) is 4.03. The van der Waals surface area contributed by atoms with Gasteiger partial charge in [-0.25, -0.2) is 9.97 Å². The maximum absolute atomic E-state index is 12.2. The van der Waals surface area contributed by atoms with Gasteiger partial charge in [0, 0.05) is 18.5 Å². The second-order valence-electron chi connectivity index (χ2n) is 8.05. The number of anilines is 1. The highest BCUT2D eigenvalue weighted by molar-refractivity contribution is 7.33. The molecule has 180 valence electrons. The molecule has 1 aromatic carbocycles. The molecule has 0 aliphatic carbocycles. The van der Waals surface area contributed by atoms with Crippen LogP contribution in [0.1, 0.15) is 36.8 Å². The predicted octanol–water partition coefficient (Wildman–Crippen LogP) is 2.33. The molecule has 6 atom stereocenters. The summed E-state index contributed by atoms with van der Waals surface area (Å²) in [5, 5.41) is 30.7. The number of ether oxygens (including phenoxy) is 1. The Balaban J connectivity index is 1.28. The van der Waals surface area contributed by atoms with Crippen LogP contribution in [0.2, 0.25) is 0 Å². The van der Waals surface area contributed by atoms with Crippen molar-refractivity contribution in [2.24, 2.45) is 5.92 Å². The highest BCUT2D eigenvalue weighted by atomic mass is 31.1. The number of nitrogens with two attached hydrogens (primary N) is 1. The summed E-state index contributed by atoms with van der Waals surface area (Å²) in [6.07, 6.45) is 0.253. The van der Waals surface area contributed by atoms with E-state index in [-0.39, 0.29) is 25.6 Å². The lowest BCUT2D eigenvalue weighted by molar-refractivity contribution is -0.0407. The molecule has 1 aliphatic heterocycles. The van der Waals surface area contributed by atoms with Gasteiger partial charge in [0.05, 0.1) is 42.4 Å². The Morgan fingerprint density at radius 3 is 2.91 bits per heavy atom. The van der Waals surface area contributed by atoms with Crippen molar-refractivity contribution >= 4 is 25.1 Å². The van der Waals surface area contributed by atoms with Crippen LogP contribution in [0.25, 0.3) is 11.0 Å². The molecule has 1 aliphatic rings. The Labute approximate surface area is 196 Å². The summed E-state index contributed by atoms with van der Waals surface area (Å²) in [4.78, 5) is 8.24. The minimum Gasteiger partial charge on any atom is -0.390 e. The molecule has 1 unspecified atom stereocenters. The number of fused-ring (bicyclic) bond motifs is 1. The van der Waals surface area contributed by atoms with Gasteiger partial charge < -0.3 is 34.3 Å². The number of hydrogen-bond donors (Lipinski definition) is 3. The summed E-state index contributed by atoms with van der Waals surface area (Å²) in [7, 11) is -2.88. The number of nitriles is 1. The highest BCUT2D eigenvalue weighted by Gasteiger charge is 2.42. The normalized spacial score (nSPS) is 24.2. The zero-order chi connectivity index (χ0) is 24.2. The number of aliphatic hydroxyl groups is 2. The molecule has 12 heteroatoms. The van der Waals surface area contributed by atoms with Crippen LogP contribution in [0.5, 0.6) is 0 Å². The fourth-order valence-corrected chi connectivity index (χ4v) is 4.70. The Bertz CT molecular complexity index is 1210. The molecular formula is C22H26N5O6P. The summed E-state index contributed by atoms with van der Waals surface area (Å²) in [6, 6.07) is 10.5. The van der Waals surface area contributed by atoms with E-state index in [1.165, 1.54) is 6.33 Å². The molecule has 1 saturated heterocycles. The average molecular weight is 487 g/mol. The molecule has 3 heterocycles. The Morgan fingerprint density at radius 2 is 2.12 bits per heavy atom. The lowest BCUT2D eigenvalue weighted by Gasteiger charge is -2.18. The topological polar surface area (TPSA) is 166 Å². The SMILES string of the molecule is C[C@H]1[C@H](O)[C@@H](CO[PH](=O)OCC[C@@H](O)c2ccccc2C#N)O[C@H]1n1ccc2c(N)ncnc21. The Morgan fingerprint density at radius 1 is 1.32 bits per heavy atom. The molecule has 3 aromatic rings. The Hall–Kier alpha value is -2.84. The maximum Gasteiger partial charge on any atom is 0.319 e. The van der Waals surface area contributed by atoms with Crippen molar-refractivity contribution in [3.63, 3.8) is 0 Å². The van der Waals surface area contributed by atoms with E-state index in [9.17, 15) is 14.8 Å². The minimum absolute atomic E-state index is 0.0255. The van der Waals surface area contributed by atoms with E-state index in [0.717, 1.165) is 0 Å². The number of nitrogen functional groups attached to an aromatic ring is 1. The summed E-state index contributed by atoms with van der Waals surface area (Å²) in [5.74, 6) is 0.0609. The van der Waals surface area contributed by atoms with Crippen LogP contribution in [-0.2, 0) is 18.3 Å². The van der Waals surface area contributed by atoms with Gasteiger partial charge in [0.15, 0.2) is 0 Å². The third-order valence-corrected chi connectivity index (χ3v) is 6.76. The van der Waals surface area contributed by atoms with Crippen LogP contribution in [0.4, 0.5) is 5.82 Å². The van der Waals surface area contributed by atoms with Crippen LogP contribution in [-0.4, -0.2) is 50.2 Å². The van der Waals surface area contributed by atoms with Crippen LogP contribution >= 0.6 is 8.25 Å². The van der Waals surface area contributed by atoms with Gasteiger partial charge in [0.1, 0.15) is 30.1 Å². The van der Waals surface area contributed by atoms with E-state index < -0.39 is 32.8 Å². The third kappa shape index (κ3) is 4.98. The van der Waals surface area contributed by atoms with Gasteiger partial charge in [-0.05, 0) is 17.7 Å². The van der Waals surface area contributed by atoms with E-state index >= 15 is 0 Å². The number of aromatic nitrogens is 3. The van der Waals surface area contributed by atoms with Crippen LogP contribution in [0.15, 0.2) is 42.9 Å². The van der Waals surface area contributed by atoms with Crippen molar-refractivity contribution < 1.29 is 28.6 Å². The van der Waals surface area contributed by atoms with Gasteiger partial charge in [0.25, 0.3) is 0 Å². The lowest BCUT2D eigenvalue weighted by atomic mass is 10.0. The standard InChI is InChI=1S/C22H26N5O6P/c1-13-19(29)18(33-22(13)27-8-6-16-20(24)25-12-26-21(16)27)11-32-34(30)31-9-7-17(28)15-5-3-2-4-14(15)10-23/h2-6,8,12-13,17-19,22,28-29,34H,7,9,11H2,1H3,(H2,24,25,26)/t13-,17+,18+,19-,22+/m0/s1. The number of rotatable bonds is 9. The zero-order valence-corrected chi connectivity index (χ0v) is 19.4. The average Bonchev–Trinajstić information content (AvgIpc) is 3.39. The molecule has 4 N–H and O–H groups in total. The summed E-state index contributed by atoms with van der Waals surface area (Å²) < 4.78 is 30.5. The first kappa shape index (κ1) is 24.3. The van der Waals surface area contributed by atoms with E-state index in [2.05, 4.69) is 9.97 Å². The van der Waals surface area contributed by atoms with Crippen molar-refractivity contribution in [1.29, 1.82) is 5.26 Å². The van der Waals surface area contributed by atoms with Crippen molar-refractivity contribution in [3.8, 4) is 6.07 Å². The Kier molecular flexibility index (Phi) is 7.58. The molecular weight excluding hydrogens is 461 g/mol. The molecule has 34 heavy (non-hydrogen) atoms. The van der Waals surface area contributed by atoms with Gasteiger partial charge >= 0.3 is 8.25 Å². The third-order valence-electron chi connectivity index (χ3n) is 5.91. The molecule has 1 fully saturated rings. The summed E-state index contributed by atoms with van der Waals surface area (Å²) >= 11 is 0. The van der Waals surface area contributed by atoms with Gasteiger partial charge in [-0.3, -0.25) is 4.57 Å². The second kappa shape index (κ2) is 10.6. The van der Waals surface area contributed by atoms with Crippen LogP contribution < -0.4 is 5.73 Å². The van der Waals surface area contributed by atoms with Gasteiger partial charge in [-0.2, -0.15) is 5.26 Å². The molecule has 0 spiro atoms. The van der Waals surface area contributed by atoms with E-state index in [4.69, 9.17) is 24.8 Å². The molecule has 11 nitrogen and oxygen atoms in total. The smallest absolute Gasteiger partial charge is 0.319 e. The fraction of sp³-hybridized carbons (Fsp3) is 0.409. The number of benzene rings is 1. The first-order valence-corrected chi connectivity index (χ1v) is 12.0. The summed E-state index contributed by atoms with van der Waals surface area (Å²) in [5.41, 5.74) is 7.35. The maximum atomic E-state index is 12.2. The quantitative estimate of drug-likeness (QED) is 0.381. The van der Waals surface area contributed by atoms with Crippen molar-refractivity contribution in [1.82, 2.24) is 14.5 Å². The lowest BCUT2D eigenvalue weighted by Crippen LogP contribution is -2.28. The van der Waals surface area contributed by atoms with Crippen LogP contribution in [0.3, 0.4) is 0 Å².